The molecule has 0 saturated heterocycles. The van der Waals surface area contributed by atoms with Crippen LogP contribution in [0.15, 0.2) is 24.3 Å². The number of ether oxygens (including phenoxy) is 1. The second-order valence-electron chi connectivity index (χ2n) is 9.33. The van der Waals surface area contributed by atoms with Crippen molar-refractivity contribution in [2.24, 2.45) is 0 Å². The molecule has 1 aromatic carbocycles. The zero-order valence-corrected chi connectivity index (χ0v) is 22.3. The summed E-state index contributed by atoms with van der Waals surface area (Å²) >= 11 is 1.54. The number of rotatable bonds is 11. The van der Waals surface area contributed by atoms with Crippen LogP contribution in [-0.2, 0) is 14.3 Å². The SMILES string of the molecule is C#CN(C(=O)C(CCSC)NC(=O)OC(C)(C)C)C(C(=O)NC(C)CCC)c1cccc(C)c1. The summed E-state index contributed by atoms with van der Waals surface area (Å²) in [4.78, 5) is 40.5. The third kappa shape index (κ3) is 9.68. The van der Waals surface area contributed by atoms with Gasteiger partial charge in [0.25, 0.3) is 5.91 Å². The third-order valence-corrected chi connectivity index (χ3v) is 5.59. The molecule has 34 heavy (non-hydrogen) atoms. The highest BCUT2D eigenvalue weighted by molar-refractivity contribution is 7.98. The van der Waals surface area contributed by atoms with Crippen LogP contribution in [0.2, 0.25) is 0 Å². The monoisotopic (exact) mass is 489 g/mol. The first-order chi connectivity index (χ1) is 15.9. The average Bonchev–Trinajstić information content (AvgIpc) is 2.73. The lowest BCUT2D eigenvalue weighted by Crippen LogP contribution is -2.52. The van der Waals surface area contributed by atoms with Crippen molar-refractivity contribution < 1.29 is 19.1 Å². The maximum atomic E-state index is 13.6. The summed E-state index contributed by atoms with van der Waals surface area (Å²) in [5.74, 6) is -0.287. The molecule has 0 aliphatic carbocycles. The average molecular weight is 490 g/mol. The first-order valence-electron chi connectivity index (χ1n) is 11.6. The van der Waals surface area contributed by atoms with Crippen LogP contribution in [0, 0.1) is 19.4 Å². The summed E-state index contributed by atoms with van der Waals surface area (Å²) in [7, 11) is 0. The molecule has 188 valence electrons. The van der Waals surface area contributed by atoms with Crippen molar-refractivity contribution in [1.29, 1.82) is 0 Å². The Morgan fingerprint density at radius 1 is 1.21 bits per heavy atom. The van der Waals surface area contributed by atoms with E-state index in [4.69, 9.17) is 11.2 Å². The van der Waals surface area contributed by atoms with Crippen molar-refractivity contribution in [2.75, 3.05) is 12.0 Å². The van der Waals surface area contributed by atoms with Gasteiger partial charge in [0, 0.05) is 12.1 Å². The van der Waals surface area contributed by atoms with Gasteiger partial charge in [0.2, 0.25) is 5.91 Å². The summed E-state index contributed by atoms with van der Waals surface area (Å²) in [6.07, 6.45) is 9.05. The topological polar surface area (TPSA) is 87.7 Å². The van der Waals surface area contributed by atoms with E-state index in [1.165, 1.54) is 0 Å². The molecule has 7 nitrogen and oxygen atoms in total. The molecule has 1 rings (SSSR count). The van der Waals surface area contributed by atoms with Crippen LogP contribution in [0.4, 0.5) is 4.79 Å². The van der Waals surface area contributed by atoms with Crippen LogP contribution < -0.4 is 10.6 Å². The number of hydrogen-bond acceptors (Lipinski definition) is 5. The Morgan fingerprint density at radius 3 is 2.41 bits per heavy atom. The Labute approximate surface area is 208 Å². The summed E-state index contributed by atoms with van der Waals surface area (Å²) in [5, 5.41) is 5.63. The number of thioether (sulfide) groups is 1. The first-order valence-corrected chi connectivity index (χ1v) is 13.0. The molecule has 1 aromatic rings. The van der Waals surface area contributed by atoms with E-state index in [1.54, 1.807) is 38.6 Å². The molecule has 3 atom stereocenters. The molecule has 3 unspecified atom stereocenters. The van der Waals surface area contributed by atoms with Gasteiger partial charge in [-0.25, -0.2) is 4.79 Å². The van der Waals surface area contributed by atoms with Gasteiger partial charge in [-0.3, -0.25) is 14.5 Å². The summed E-state index contributed by atoms with van der Waals surface area (Å²) in [6, 6.07) is 7.70. The van der Waals surface area contributed by atoms with E-state index in [2.05, 4.69) is 16.7 Å². The quantitative estimate of drug-likeness (QED) is 0.355. The van der Waals surface area contributed by atoms with Crippen LogP contribution in [-0.4, -0.2) is 52.5 Å². The smallest absolute Gasteiger partial charge is 0.408 e. The zero-order valence-electron chi connectivity index (χ0n) is 21.4. The van der Waals surface area contributed by atoms with Crippen molar-refractivity contribution >= 4 is 29.7 Å². The normalized spacial score (nSPS) is 13.7. The van der Waals surface area contributed by atoms with Gasteiger partial charge < -0.3 is 15.4 Å². The second-order valence-corrected chi connectivity index (χ2v) is 10.3. The Bertz CT molecular complexity index is 876. The second kappa shape index (κ2) is 13.9. The fraction of sp³-hybridized carbons (Fsp3) is 0.577. The number of aryl methyl sites for hydroxylation is 1. The molecule has 0 aromatic heterocycles. The Hall–Kier alpha value is -2.66. The van der Waals surface area contributed by atoms with E-state index in [0.717, 1.165) is 23.3 Å². The molecule has 0 radical (unpaired) electrons. The van der Waals surface area contributed by atoms with Gasteiger partial charge in [-0.15, -0.1) is 0 Å². The van der Waals surface area contributed by atoms with E-state index in [9.17, 15) is 14.4 Å². The molecular formula is C26H39N3O4S. The lowest BCUT2D eigenvalue weighted by molar-refractivity contribution is -0.138. The van der Waals surface area contributed by atoms with Gasteiger partial charge >= 0.3 is 6.09 Å². The predicted octanol–water partition coefficient (Wildman–Crippen LogP) is 4.41. The molecule has 8 heteroatoms. The lowest BCUT2D eigenvalue weighted by atomic mass is 10.0. The standard InChI is InChI=1S/C26H39N3O4S/c1-9-12-19(4)27-23(30)22(20-14-11-13-18(3)17-20)29(10-2)24(31)21(15-16-34-8)28-25(32)33-26(5,6)7/h2,11,13-14,17,19,21-22H,9,12,15-16H2,1,3-8H3,(H,27,30)(H,28,32). The van der Waals surface area contributed by atoms with Crippen LogP contribution in [0.3, 0.4) is 0 Å². The number of nitrogens with zero attached hydrogens (tertiary/aromatic N) is 1. The molecule has 0 bridgehead atoms. The number of carbonyl (C=O) groups excluding carboxylic acids is 3. The highest BCUT2D eigenvalue weighted by atomic mass is 32.2. The number of benzene rings is 1. The van der Waals surface area contributed by atoms with Crippen LogP contribution in [0.1, 0.15) is 71.0 Å². The zero-order chi connectivity index (χ0) is 25.9. The van der Waals surface area contributed by atoms with Crippen LogP contribution in [0.25, 0.3) is 0 Å². The van der Waals surface area contributed by atoms with Gasteiger partial charge in [0.05, 0.1) is 0 Å². The Balaban J connectivity index is 3.33. The van der Waals surface area contributed by atoms with Gasteiger partial charge in [-0.2, -0.15) is 11.8 Å². The minimum atomic E-state index is -1.03. The molecule has 2 N–H and O–H groups in total. The first kappa shape index (κ1) is 29.4. The molecule has 0 aliphatic heterocycles. The highest BCUT2D eigenvalue weighted by Gasteiger charge is 2.36. The molecule has 0 spiro atoms. The number of amides is 3. The van der Waals surface area contributed by atoms with E-state index in [0.29, 0.717) is 17.7 Å². The van der Waals surface area contributed by atoms with Crippen molar-refractivity contribution in [3.05, 3.63) is 35.4 Å². The van der Waals surface area contributed by atoms with Crippen molar-refractivity contribution in [2.45, 2.75) is 84.5 Å². The highest BCUT2D eigenvalue weighted by Crippen LogP contribution is 2.24. The number of terminal acetylenes is 1. The third-order valence-electron chi connectivity index (χ3n) is 4.95. The van der Waals surface area contributed by atoms with E-state index < -0.39 is 29.7 Å². The van der Waals surface area contributed by atoms with E-state index >= 15 is 0 Å². The van der Waals surface area contributed by atoms with Gasteiger partial charge in [-0.05, 0) is 65.0 Å². The predicted molar refractivity (Wildman–Crippen MR) is 138 cm³/mol. The molecule has 3 amide bonds. The fourth-order valence-electron chi connectivity index (χ4n) is 3.46. The Morgan fingerprint density at radius 2 is 1.88 bits per heavy atom. The van der Waals surface area contributed by atoms with Gasteiger partial charge in [-0.1, -0.05) is 49.6 Å². The summed E-state index contributed by atoms with van der Waals surface area (Å²) in [6.45, 7) is 11.1. The lowest BCUT2D eigenvalue weighted by Gasteiger charge is -2.31. The molecule has 0 heterocycles. The minimum absolute atomic E-state index is 0.0771. The van der Waals surface area contributed by atoms with Crippen molar-refractivity contribution in [3.63, 3.8) is 0 Å². The maximum Gasteiger partial charge on any atom is 0.408 e. The molecule has 0 saturated carbocycles. The number of alkyl carbamates (subject to hydrolysis) is 1. The van der Waals surface area contributed by atoms with E-state index in [1.807, 2.05) is 45.2 Å². The summed E-state index contributed by atoms with van der Waals surface area (Å²) in [5.41, 5.74) is 0.822. The Kier molecular flexibility index (Phi) is 12.0. The molecule has 0 aliphatic rings. The molecular weight excluding hydrogens is 450 g/mol. The molecule has 0 fully saturated rings. The van der Waals surface area contributed by atoms with E-state index in [-0.39, 0.29) is 11.9 Å². The number of nitrogens with one attached hydrogen (secondary N) is 2. The minimum Gasteiger partial charge on any atom is -0.444 e. The maximum absolute atomic E-state index is 13.6. The van der Waals surface area contributed by atoms with Crippen molar-refractivity contribution in [1.82, 2.24) is 15.5 Å². The number of carbonyl (C=O) groups is 3. The van der Waals surface area contributed by atoms with Gasteiger partial charge in [0.15, 0.2) is 0 Å². The fourth-order valence-corrected chi connectivity index (χ4v) is 3.93. The number of hydrogen-bond donors (Lipinski definition) is 2. The summed E-state index contributed by atoms with van der Waals surface area (Å²) < 4.78 is 5.34. The van der Waals surface area contributed by atoms with Gasteiger partial charge in [0.1, 0.15) is 17.7 Å². The van der Waals surface area contributed by atoms with Crippen molar-refractivity contribution in [3.8, 4) is 12.5 Å². The largest absolute Gasteiger partial charge is 0.444 e. The van der Waals surface area contributed by atoms with Crippen LogP contribution in [0.5, 0.6) is 0 Å². The van der Waals surface area contributed by atoms with Crippen LogP contribution >= 0.6 is 11.8 Å².